The summed E-state index contributed by atoms with van der Waals surface area (Å²) in [4.78, 5) is 14.2. The second kappa shape index (κ2) is 5.83. The van der Waals surface area contributed by atoms with Crippen molar-refractivity contribution < 1.29 is 17.9 Å². The molecule has 2 heterocycles. The predicted octanol–water partition coefficient (Wildman–Crippen LogP) is 1.30. The van der Waals surface area contributed by atoms with E-state index in [1.807, 2.05) is 12.1 Å². The SMILES string of the molecule is O=C(Cc1ccc(Cl)cc1)N1CCO[C@]2(CCS(=O)(=O)C2)C1. The van der Waals surface area contributed by atoms with E-state index in [-0.39, 0.29) is 17.4 Å². The van der Waals surface area contributed by atoms with Gasteiger partial charge in [-0.3, -0.25) is 4.79 Å². The molecule has 5 nitrogen and oxygen atoms in total. The Kier molecular flexibility index (Phi) is 4.18. The van der Waals surface area contributed by atoms with Crippen LogP contribution in [0.5, 0.6) is 0 Å². The van der Waals surface area contributed by atoms with Gasteiger partial charge >= 0.3 is 0 Å². The second-order valence-corrected chi connectivity index (χ2v) is 8.61. The highest BCUT2D eigenvalue weighted by molar-refractivity contribution is 7.91. The summed E-state index contributed by atoms with van der Waals surface area (Å²) >= 11 is 5.84. The lowest BCUT2D eigenvalue weighted by Gasteiger charge is -2.39. The van der Waals surface area contributed by atoms with Crippen molar-refractivity contribution in [2.75, 3.05) is 31.2 Å². The quantitative estimate of drug-likeness (QED) is 0.812. The van der Waals surface area contributed by atoms with Crippen molar-refractivity contribution in [2.45, 2.75) is 18.4 Å². The summed E-state index contributed by atoms with van der Waals surface area (Å²) < 4.78 is 29.1. The van der Waals surface area contributed by atoms with Crippen LogP contribution in [0.1, 0.15) is 12.0 Å². The Morgan fingerprint density at radius 2 is 2.05 bits per heavy atom. The topological polar surface area (TPSA) is 63.7 Å². The number of nitrogens with zero attached hydrogens (tertiary/aromatic N) is 1. The van der Waals surface area contributed by atoms with E-state index in [9.17, 15) is 13.2 Å². The summed E-state index contributed by atoms with van der Waals surface area (Å²) in [6.07, 6.45) is 0.764. The van der Waals surface area contributed by atoms with E-state index >= 15 is 0 Å². The molecule has 7 heteroatoms. The molecule has 2 aliphatic heterocycles. The maximum absolute atomic E-state index is 12.4. The number of hydrogen-bond donors (Lipinski definition) is 0. The third kappa shape index (κ3) is 3.45. The van der Waals surface area contributed by atoms with Gasteiger partial charge in [-0.25, -0.2) is 8.42 Å². The van der Waals surface area contributed by atoms with Crippen molar-refractivity contribution in [3.05, 3.63) is 34.9 Å². The third-order valence-electron chi connectivity index (χ3n) is 4.22. The first-order valence-electron chi connectivity index (χ1n) is 7.24. The average Bonchev–Trinajstić information content (AvgIpc) is 2.76. The van der Waals surface area contributed by atoms with E-state index < -0.39 is 15.4 Å². The van der Waals surface area contributed by atoms with E-state index in [1.54, 1.807) is 17.0 Å². The molecule has 1 amide bonds. The predicted molar refractivity (Wildman–Crippen MR) is 83.7 cm³/mol. The van der Waals surface area contributed by atoms with E-state index in [4.69, 9.17) is 16.3 Å². The second-order valence-electron chi connectivity index (χ2n) is 5.99. The fourth-order valence-electron chi connectivity index (χ4n) is 3.07. The maximum Gasteiger partial charge on any atom is 0.227 e. The number of ether oxygens (including phenoxy) is 1. The molecule has 0 radical (unpaired) electrons. The number of carbonyl (C=O) groups is 1. The maximum atomic E-state index is 12.4. The first-order valence-corrected chi connectivity index (χ1v) is 9.44. The van der Waals surface area contributed by atoms with Crippen molar-refractivity contribution in [3.8, 4) is 0 Å². The Bertz CT molecular complexity index is 673. The number of carbonyl (C=O) groups excluding carboxylic acids is 1. The standard InChI is InChI=1S/C15H18ClNO4S/c16-13-3-1-12(2-4-13)9-14(18)17-6-7-21-15(10-17)5-8-22(19,20)11-15/h1-4H,5-11H2/t15-/m1/s1. The van der Waals surface area contributed by atoms with Crippen LogP contribution in [0, 0.1) is 0 Å². The molecule has 0 N–H and O–H groups in total. The fraction of sp³-hybridized carbons (Fsp3) is 0.533. The Hall–Kier alpha value is -1.11. The Balaban J connectivity index is 1.67. The van der Waals surface area contributed by atoms with Crippen LogP contribution in [0.15, 0.2) is 24.3 Å². The van der Waals surface area contributed by atoms with Gasteiger partial charge in [0.15, 0.2) is 9.84 Å². The molecule has 1 aromatic rings. The number of amides is 1. The van der Waals surface area contributed by atoms with Crippen LogP contribution in [0.25, 0.3) is 0 Å². The molecule has 1 spiro atoms. The highest BCUT2D eigenvalue weighted by Gasteiger charge is 2.47. The zero-order valence-electron chi connectivity index (χ0n) is 12.1. The molecule has 22 heavy (non-hydrogen) atoms. The lowest BCUT2D eigenvalue weighted by Crippen LogP contribution is -2.54. The van der Waals surface area contributed by atoms with Gasteiger partial charge in [-0.2, -0.15) is 0 Å². The van der Waals surface area contributed by atoms with Gasteiger partial charge in [0.25, 0.3) is 0 Å². The molecular formula is C15H18ClNO4S. The summed E-state index contributed by atoms with van der Waals surface area (Å²) in [7, 11) is -3.04. The van der Waals surface area contributed by atoms with Gasteiger partial charge in [-0.1, -0.05) is 23.7 Å². The Morgan fingerprint density at radius 3 is 2.68 bits per heavy atom. The summed E-state index contributed by atoms with van der Waals surface area (Å²) in [5, 5.41) is 0.637. The van der Waals surface area contributed by atoms with E-state index in [2.05, 4.69) is 0 Å². The smallest absolute Gasteiger partial charge is 0.227 e. The molecule has 1 aromatic carbocycles. The van der Waals surface area contributed by atoms with E-state index in [0.29, 0.717) is 37.6 Å². The highest BCUT2D eigenvalue weighted by Crippen LogP contribution is 2.31. The Labute approximate surface area is 135 Å². The molecule has 2 aliphatic rings. The van der Waals surface area contributed by atoms with Gasteiger partial charge in [0.05, 0.1) is 31.1 Å². The molecular weight excluding hydrogens is 326 g/mol. The lowest BCUT2D eigenvalue weighted by atomic mass is 10.0. The summed E-state index contributed by atoms with van der Waals surface area (Å²) in [6.45, 7) is 1.26. The van der Waals surface area contributed by atoms with Crippen LogP contribution in [-0.2, 0) is 25.8 Å². The number of benzene rings is 1. The van der Waals surface area contributed by atoms with Crippen LogP contribution in [0.3, 0.4) is 0 Å². The molecule has 1 atom stereocenters. The minimum absolute atomic E-state index is 0.00528. The molecule has 0 aromatic heterocycles. The van der Waals surface area contributed by atoms with Gasteiger partial charge in [0.2, 0.25) is 5.91 Å². The first-order chi connectivity index (χ1) is 10.4. The zero-order chi connectivity index (χ0) is 15.8. The number of hydrogen-bond acceptors (Lipinski definition) is 4. The van der Waals surface area contributed by atoms with Crippen LogP contribution in [0.4, 0.5) is 0 Å². The number of rotatable bonds is 2. The first kappa shape index (κ1) is 15.8. The number of sulfone groups is 1. The minimum Gasteiger partial charge on any atom is -0.370 e. The summed E-state index contributed by atoms with van der Waals surface area (Å²) in [5.41, 5.74) is 0.196. The van der Waals surface area contributed by atoms with Crippen LogP contribution in [-0.4, -0.2) is 56.0 Å². The van der Waals surface area contributed by atoms with Gasteiger partial charge in [0.1, 0.15) is 5.60 Å². The molecule has 0 saturated carbocycles. The van der Waals surface area contributed by atoms with Crippen molar-refractivity contribution in [3.63, 3.8) is 0 Å². The number of halogens is 1. The van der Waals surface area contributed by atoms with Gasteiger partial charge in [-0.05, 0) is 24.1 Å². The van der Waals surface area contributed by atoms with Crippen molar-refractivity contribution in [1.29, 1.82) is 0 Å². The normalized spacial score (nSPS) is 27.2. The highest BCUT2D eigenvalue weighted by atomic mass is 35.5. The average molecular weight is 344 g/mol. The van der Waals surface area contributed by atoms with Crippen molar-refractivity contribution in [1.82, 2.24) is 4.90 Å². The van der Waals surface area contributed by atoms with Crippen LogP contribution < -0.4 is 0 Å². The monoisotopic (exact) mass is 343 g/mol. The molecule has 3 rings (SSSR count). The van der Waals surface area contributed by atoms with Gasteiger partial charge in [0, 0.05) is 11.6 Å². The third-order valence-corrected chi connectivity index (χ3v) is 6.27. The largest absolute Gasteiger partial charge is 0.370 e. The molecule has 2 saturated heterocycles. The molecule has 120 valence electrons. The summed E-state index contributed by atoms with van der Waals surface area (Å²) in [5.74, 6) is 0.158. The molecule has 0 unspecified atom stereocenters. The fourth-order valence-corrected chi connectivity index (χ4v) is 5.15. The van der Waals surface area contributed by atoms with E-state index in [0.717, 1.165) is 5.56 Å². The Morgan fingerprint density at radius 1 is 1.32 bits per heavy atom. The zero-order valence-corrected chi connectivity index (χ0v) is 13.7. The van der Waals surface area contributed by atoms with E-state index in [1.165, 1.54) is 0 Å². The molecule has 0 aliphatic carbocycles. The number of morpholine rings is 1. The van der Waals surface area contributed by atoms with Gasteiger partial charge < -0.3 is 9.64 Å². The molecule has 2 fully saturated rings. The minimum atomic E-state index is -3.04. The lowest BCUT2D eigenvalue weighted by molar-refractivity contribution is -0.146. The van der Waals surface area contributed by atoms with Crippen molar-refractivity contribution in [2.24, 2.45) is 0 Å². The van der Waals surface area contributed by atoms with Crippen molar-refractivity contribution >= 4 is 27.3 Å². The summed E-state index contributed by atoms with van der Waals surface area (Å²) in [6, 6.07) is 7.18. The van der Waals surface area contributed by atoms with Crippen LogP contribution in [0.2, 0.25) is 5.02 Å². The van der Waals surface area contributed by atoms with Crippen LogP contribution >= 0.6 is 11.6 Å². The van der Waals surface area contributed by atoms with Gasteiger partial charge in [-0.15, -0.1) is 0 Å². The molecule has 0 bridgehead atoms.